The maximum absolute atomic E-state index is 4.97. The highest BCUT2D eigenvalue weighted by atomic mass is 16.6. The van der Waals surface area contributed by atoms with Crippen molar-refractivity contribution in [3.63, 3.8) is 0 Å². The molecule has 0 aliphatic rings. The fraction of sp³-hybridized carbons (Fsp3) is 0.333. The van der Waals surface area contributed by atoms with Crippen LogP contribution >= 0.6 is 0 Å². The van der Waals surface area contributed by atoms with E-state index in [1.807, 2.05) is 32.1 Å². The number of rotatable bonds is 5. The molecule has 0 unspecified atom stereocenters. The Morgan fingerprint density at radius 3 is 2.82 bits per heavy atom. The summed E-state index contributed by atoms with van der Waals surface area (Å²) in [7, 11) is 0. The molecule has 1 N–H and O–H groups in total. The highest BCUT2D eigenvalue weighted by Crippen LogP contribution is 1.92. The van der Waals surface area contributed by atoms with Gasteiger partial charge in [0.2, 0.25) is 0 Å². The number of nitrogens with one attached hydrogen (secondary N) is 1. The second kappa shape index (κ2) is 7.09. The molecule has 0 rings (SSSR count). The smallest absolute Gasteiger partial charge is 0.140 e. The molecule has 0 spiro atoms. The molecule has 62 valence electrons. The monoisotopic (exact) mass is 153 g/mol. The van der Waals surface area contributed by atoms with Crippen molar-refractivity contribution in [2.45, 2.75) is 13.8 Å². The van der Waals surface area contributed by atoms with Gasteiger partial charge in [0.1, 0.15) is 5.76 Å². The zero-order valence-corrected chi connectivity index (χ0v) is 7.13. The first-order valence-electron chi connectivity index (χ1n) is 3.69. The van der Waals surface area contributed by atoms with E-state index in [0.717, 1.165) is 6.54 Å². The van der Waals surface area contributed by atoms with Crippen molar-refractivity contribution in [1.82, 2.24) is 5.48 Å². The lowest BCUT2D eigenvalue weighted by atomic mass is 10.4. The molecule has 2 heteroatoms. The Morgan fingerprint density at radius 2 is 2.27 bits per heavy atom. The summed E-state index contributed by atoms with van der Waals surface area (Å²) in [6.07, 6.45) is 7.53. The Hall–Kier alpha value is -1.02. The molecular weight excluding hydrogens is 138 g/mol. The maximum atomic E-state index is 4.97. The minimum absolute atomic E-state index is 0.616. The van der Waals surface area contributed by atoms with Crippen LogP contribution in [0, 0.1) is 0 Å². The third-order valence-electron chi connectivity index (χ3n) is 0.933. The van der Waals surface area contributed by atoms with Crippen LogP contribution in [0.1, 0.15) is 13.8 Å². The van der Waals surface area contributed by atoms with Crippen LogP contribution < -0.4 is 5.48 Å². The van der Waals surface area contributed by atoms with Crippen LogP contribution in [-0.2, 0) is 4.84 Å². The largest absolute Gasteiger partial charge is 0.409 e. The average Bonchev–Trinajstić information content (AvgIpc) is 2.01. The van der Waals surface area contributed by atoms with Crippen LogP contribution in [0.4, 0.5) is 0 Å². The van der Waals surface area contributed by atoms with E-state index >= 15 is 0 Å². The third-order valence-corrected chi connectivity index (χ3v) is 0.933. The van der Waals surface area contributed by atoms with E-state index in [0.29, 0.717) is 5.76 Å². The summed E-state index contributed by atoms with van der Waals surface area (Å²) in [5.74, 6) is 0.616. The van der Waals surface area contributed by atoms with Crippen molar-refractivity contribution in [3.05, 3.63) is 36.6 Å². The lowest BCUT2D eigenvalue weighted by Crippen LogP contribution is -2.11. The first kappa shape index (κ1) is 9.98. The summed E-state index contributed by atoms with van der Waals surface area (Å²) >= 11 is 0. The van der Waals surface area contributed by atoms with Crippen molar-refractivity contribution < 1.29 is 4.84 Å². The lowest BCUT2D eigenvalue weighted by molar-refractivity contribution is 0.121. The number of hydrogen-bond donors (Lipinski definition) is 1. The van der Waals surface area contributed by atoms with E-state index in [9.17, 15) is 0 Å². The fourth-order valence-corrected chi connectivity index (χ4v) is 0.473. The van der Waals surface area contributed by atoms with Gasteiger partial charge in [-0.25, -0.2) is 0 Å². The van der Waals surface area contributed by atoms with Crippen LogP contribution in [0.25, 0.3) is 0 Å². The van der Waals surface area contributed by atoms with Crippen molar-refractivity contribution in [1.29, 1.82) is 0 Å². The summed E-state index contributed by atoms with van der Waals surface area (Å²) < 4.78 is 0. The molecule has 0 saturated carbocycles. The van der Waals surface area contributed by atoms with Crippen molar-refractivity contribution in [2.75, 3.05) is 6.54 Å². The van der Waals surface area contributed by atoms with E-state index in [-0.39, 0.29) is 0 Å². The van der Waals surface area contributed by atoms with E-state index in [2.05, 4.69) is 12.1 Å². The molecule has 0 aromatic heterocycles. The minimum atomic E-state index is 0.616. The van der Waals surface area contributed by atoms with Crippen LogP contribution in [-0.4, -0.2) is 6.54 Å². The van der Waals surface area contributed by atoms with Crippen LogP contribution in [0.2, 0.25) is 0 Å². The first-order chi connectivity index (χ1) is 5.31. The summed E-state index contributed by atoms with van der Waals surface area (Å²) in [5.41, 5.74) is 2.70. The van der Waals surface area contributed by atoms with Crippen LogP contribution in [0.5, 0.6) is 0 Å². The molecule has 0 aliphatic carbocycles. The van der Waals surface area contributed by atoms with Gasteiger partial charge in [0.05, 0.1) is 0 Å². The number of hydroxylamine groups is 1. The number of hydrogen-bond acceptors (Lipinski definition) is 2. The second-order valence-electron chi connectivity index (χ2n) is 1.95. The van der Waals surface area contributed by atoms with Crippen molar-refractivity contribution >= 4 is 0 Å². The molecular formula is C9H15NO. The summed E-state index contributed by atoms with van der Waals surface area (Å²) in [4.78, 5) is 4.97. The van der Waals surface area contributed by atoms with Gasteiger partial charge in [-0.2, -0.15) is 5.48 Å². The van der Waals surface area contributed by atoms with Gasteiger partial charge in [-0.1, -0.05) is 24.8 Å². The Bertz CT molecular complexity index is 159. The average molecular weight is 153 g/mol. The van der Waals surface area contributed by atoms with Crippen molar-refractivity contribution in [3.8, 4) is 0 Å². The first-order valence-corrected chi connectivity index (χ1v) is 3.69. The Balaban J connectivity index is 3.51. The molecule has 11 heavy (non-hydrogen) atoms. The lowest BCUT2D eigenvalue weighted by Gasteiger charge is -2.01. The summed E-state index contributed by atoms with van der Waals surface area (Å²) in [6, 6.07) is 0. The van der Waals surface area contributed by atoms with Gasteiger partial charge in [0.15, 0.2) is 0 Å². The summed E-state index contributed by atoms with van der Waals surface area (Å²) in [5, 5.41) is 0. The predicted molar refractivity (Wildman–Crippen MR) is 47.9 cm³/mol. The van der Waals surface area contributed by atoms with Crippen molar-refractivity contribution in [2.24, 2.45) is 0 Å². The third kappa shape index (κ3) is 6.87. The fourth-order valence-electron chi connectivity index (χ4n) is 0.473. The Morgan fingerprint density at radius 1 is 1.55 bits per heavy atom. The Kier molecular flexibility index (Phi) is 6.43. The Labute approximate surface area is 68.2 Å². The molecule has 0 aliphatic heterocycles. The van der Waals surface area contributed by atoms with E-state index in [1.165, 1.54) is 0 Å². The van der Waals surface area contributed by atoms with E-state index < -0.39 is 0 Å². The van der Waals surface area contributed by atoms with Crippen LogP contribution in [0.3, 0.4) is 0 Å². The second-order valence-corrected chi connectivity index (χ2v) is 1.95. The SMILES string of the molecule is C=C(/C=C\C=C/C)ONCC. The minimum Gasteiger partial charge on any atom is -0.409 e. The highest BCUT2D eigenvalue weighted by Gasteiger charge is 1.83. The van der Waals surface area contributed by atoms with E-state index in [1.54, 1.807) is 6.08 Å². The zero-order valence-electron chi connectivity index (χ0n) is 7.13. The molecule has 0 amide bonds. The molecule has 0 saturated heterocycles. The van der Waals surface area contributed by atoms with E-state index in [4.69, 9.17) is 4.84 Å². The number of allylic oxidation sites excluding steroid dienone is 4. The van der Waals surface area contributed by atoms with Gasteiger partial charge >= 0.3 is 0 Å². The zero-order chi connectivity index (χ0) is 8.53. The molecule has 0 heterocycles. The molecule has 0 aromatic carbocycles. The van der Waals surface area contributed by atoms with Gasteiger partial charge < -0.3 is 4.84 Å². The standard InChI is InChI=1S/C9H15NO/c1-4-6-7-8-9(3)11-10-5-2/h4,6-8,10H,3,5H2,1-2H3/b6-4-,8-7-. The topological polar surface area (TPSA) is 21.3 Å². The summed E-state index contributed by atoms with van der Waals surface area (Å²) in [6.45, 7) is 8.35. The van der Waals surface area contributed by atoms with Gasteiger partial charge in [-0.3, -0.25) is 0 Å². The van der Waals surface area contributed by atoms with Gasteiger partial charge in [-0.15, -0.1) is 0 Å². The molecule has 2 nitrogen and oxygen atoms in total. The quantitative estimate of drug-likeness (QED) is 0.371. The normalized spacial score (nSPS) is 11.1. The van der Waals surface area contributed by atoms with Gasteiger partial charge in [0, 0.05) is 6.54 Å². The molecule has 0 fully saturated rings. The molecule has 0 atom stereocenters. The van der Waals surface area contributed by atoms with Crippen LogP contribution in [0.15, 0.2) is 36.6 Å². The van der Waals surface area contributed by atoms with Gasteiger partial charge in [0.25, 0.3) is 0 Å². The highest BCUT2D eigenvalue weighted by molar-refractivity contribution is 5.13. The maximum Gasteiger partial charge on any atom is 0.140 e. The molecule has 0 radical (unpaired) electrons. The molecule has 0 bridgehead atoms. The molecule has 0 aromatic rings. The predicted octanol–water partition coefficient (Wildman–Crippen LogP) is 2.17. The van der Waals surface area contributed by atoms with Gasteiger partial charge in [-0.05, 0) is 19.9 Å².